The van der Waals surface area contributed by atoms with Gasteiger partial charge in [0.25, 0.3) is 0 Å². The molecular weight excluding hydrogens is 633 g/mol. The van der Waals surface area contributed by atoms with Gasteiger partial charge in [0.05, 0.1) is 16.7 Å². The maximum atomic E-state index is 11.9. The number of hydrogen-bond donors (Lipinski definition) is 1. The predicted octanol–water partition coefficient (Wildman–Crippen LogP) is 9.93. The molecule has 4 aromatic carbocycles. The summed E-state index contributed by atoms with van der Waals surface area (Å²) in [5, 5.41) is 0.943. The van der Waals surface area contributed by atoms with E-state index in [1.54, 1.807) is 7.11 Å². The Hall–Kier alpha value is -3.71. The van der Waals surface area contributed by atoms with E-state index in [0.717, 1.165) is 34.2 Å². The molecule has 0 aliphatic heterocycles. The second-order valence-electron chi connectivity index (χ2n) is 12.9. The van der Waals surface area contributed by atoms with E-state index < -0.39 is 6.09 Å². The lowest BCUT2D eigenvalue weighted by Crippen LogP contribution is -2.30. The molecule has 0 fully saturated rings. The molecule has 0 saturated carbocycles. The van der Waals surface area contributed by atoms with Crippen LogP contribution in [0, 0.1) is 19.3 Å². The number of nitrogens with two attached hydrogens (primary N) is 1. The van der Waals surface area contributed by atoms with E-state index in [4.69, 9.17) is 47.9 Å². The van der Waals surface area contributed by atoms with Crippen LogP contribution >= 0.6 is 23.2 Å². The smallest absolute Gasteiger partial charge is 0.404 e. The van der Waals surface area contributed by atoms with Crippen LogP contribution in [-0.4, -0.2) is 39.6 Å². The molecule has 0 radical (unpaired) electrons. The third-order valence-electron chi connectivity index (χ3n) is 8.29. The van der Waals surface area contributed by atoms with Gasteiger partial charge >= 0.3 is 6.09 Å². The van der Waals surface area contributed by atoms with Gasteiger partial charge in [0.15, 0.2) is 5.75 Å². The van der Waals surface area contributed by atoms with Crippen molar-refractivity contribution in [3.05, 3.63) is 117 Å². The molecule has 2 unspecified atom stereocenters. The minimum atomic E-state index is -0.789. The summed E-state index contributed by atoms with van der Waals surface area (Å²) in [4.78, 5) is 11.9. The number of carbonyl (C=O) groups is 1. The first kappa shape index (κ1) is 36.1. The second-order valence-corrected chi connectivity index (χ2v) is 13.7. The minimum absolute atomic E-state index is 0.0106. The van der Waals surface area contributed by atoms with Crippen LogP contribution in [0.3, 0.4) is 0 Å². The Bertz CT molecular complexity index is 1630. The van der Waals surface area contributed by atoms with E-state index in [2.05, 4.69) is 82.3 Å². The van der Waals surface area contributed by atoms with E-state index in [1.165, 1.54) is 11.1 Å². The van der Waals surface area contributed by atoms with Crippen LogP contribution in [0.5, 0.6) is 11.5 Å². The van der Waals surface area contributed by atoms with Gasteiger partial charge in [-0.15, -0.1) is 0 Å². The Labute approximate surface area is 289 Å². The number of aryl methyl sites for hydroxylation is 2. The first-order valence-corrected chi connectivity index (χ1v) is 16.6. The Balaban J connectivity index is 1.57. The minimum Gasteiger partial charge on any atom is -0.490 e. The maximum absolute atomic E-state index is 11.9. The summed E-state index contributed by atoms with van der Waals surface area (Å²) in [6, 6.07) is 26.6. The van der Waals surface area contributed by atoms with E-state index in [9.17, 15) is 4.79 Å². The summed E-state index contributed by atoms with van der Waals surface area (Å²) in [5.74, 6) is 1.01. The number of rotatable bonds is 14. The van der Waals surface area contributed by atoms with Gasteiger partial charge in [-0.2, -0.15) is 0 Å². The van der Waals surface area contributed by atoms with E-state index >= 15 is 0 Å². The van der Waals surface area contributed by atoms with Crippen molar-refractivity contribution in [3.8, 4) is 22.6 Å². The molecule has 2 N–H and O–H groups in total. The van der Waals surface area contributed by atoms with Crippen LogP contribution in [0.15, 0.2) is 78.9 Å². The molecule has 250 valence electrons. The summed E-state index contributed by atoms with van der Waals surface area (Å²) >= 11 is 12.6. The van der Waals surface area contributed by atoms with Gasteiger partial charge in [0, 0.05) is 13.0 Å². The molecule has 47 heavy (non-hydrogen) atoms. The molecule has 0 spiro atoms. The summed E-state index contributed by atoms with van der Waals surface area (Å²) in [6.45, 7) is 12.1. The van der Waals surface area contributed by atoms with Crippen molar-refractivity contribution in [1.29, 1.82) is 0 Å². The molecule has 0 aromatic heterocycles. The molecule has 0 aliphatic rings. The largest absolute Gasteiger partial charge is 0.490 e. The van der Waals surface area contributed by atoms with Crippen molar-refractivity contribution in [2.24, 2.45) is 11.1 Å². The summed E-state index contributed by atoms with van der Waals surface area (Å²) in [5.41, 5.74) is 13.1. The van der Waals surface area contributed by atoms with Crippen LogP contribution in [0.25, 0.3) is 11.1 Å². The SMILES string of the molecule is COCCc1ccccc1-c1ccc(C(COC(N)=O)C(c2ccc(OCCOc3c(Cl)cc(C)cc3Cl)cc2)C(C)(C)C)c(C)c1. The van der Waals surface area contributed by atoms with Crippen LogP contribution < -0.4 is 15.2 Å². The molecule has 4 aromatic rings. The number of carbonyl (C=O) groups excluding carboxylic acids is 1. The van der Waals surface area contributed by atoms with Crippen molar-refractivity contribution >= 4 is 29.3 Å². The first-order valence-electron chi connectivity index (χ1n) is 15.8. The first-order chi connectivity index (χ1) is 22.4. The van der Waals surface area contributed by atoms with Gasteiger partial charge in [-0.3, -0.25) is 0 Å². The third kappa shape index (κ3) is 9.66. The Morgan fingerprint density at radius 1 is 0.851 bits per heavy atom. The summed E-state index contributed by atoms with van der Waals surface area (Å²) in [6.07, 6.45) is 0.0415. The average Bonchev–Trinajstić information content (AvgIpc) is 3.01. The third-order valence-corrected chi connectivity index (χ3v) is 8.86. The number of primary amides is 1. The summed E-state index contributed by atoms with van der Waals surface area (Å²) in [7, 11) is 1.72. The van der Waals surface area contributed by atoms with Gasteiger partial charge in [-0.25, -0.2) is 4.79 Å². The monoisotopic (exact) mass is 677 g/mol. The zero-order valence-corrected chi connectivity index (χ0v) is 29.6. The molecule has 6 nitrogen and oxygen atoms in total. The highest BCUT2D eigenvalue weighted by Crippen LogP contribution is 2.47. The zero-order valence-electron chi connectivity index (χ0n) is 28.1. The highest BCUT2D eigenvalue weighted by molar-refractivity contribution is 6.37. The van der Waals surface area contributed by atoms with Crippen molar-refractivity contribution in [2.75, 3.05) is 33.5 Å². The fraction of sp³-hybridized carbons (Fsp3) is 0.359. The lowest BCUT2D eigenvalue weighted by molar-refractivity contribution is 0.131. The maximum Gasteiger partial charge on any atom is 0.404 e. The highest BCUT2D eigenvalue weighted by Gasteiger charge is 2.36. The highest BCUT2D eigenvalue weighted by atomic mass is 35.5. The van der Waals surface area contributed by atoms with Gasteiger partial charge in [0.1, 0.15) is 25.6 Å². The fourth-order valence-corrected chi connectivity index (χ4v) is 6.97. The molecule has 1 amide bonds. The van der Waals surface area contributed by atoms with Crippen LogP contribution in [0.1, 0.15) is 60.4 Å². The quantitative estimate of drug-likeness (QED) is 0.134. The van der Waals surface area contributed by atoms with Crippen LogP contribution in [0.4, 0.5) is 4.79 Å². The van der Waals surface area contributed by atoms with E-state index in [0.29, 0.717) is 34.8 Å². The Morgan fingerprint density at radius 3 is 2.13 bits per heavy atom. The molecule has 0 saturated heterocycles. The molecule has 2 atom stereocenters. The Morgan fingerprint density at radius 2 is 1.51 bits per heavy atom. The Kier molecular flexibility index (Phi) is 12.6. The molecular formula is C39H45Cl2NO5. The zero-order chi connectivity index (χ0) is 34.1. The number of methoxy groups -OCH3 is 1. The molecule has 4 rings (SSSR count). The van der Waals surface area contributed by atoms with Crippen molar-refractivity contribution < 1.29 is 23.7 Å². The van der Waals surface area contributed by atoms with Crippen molar-refractivity contribution in [2.45, 2.75) is 52.9 Å². The van der Waals surface area contributed by atoms with Gasteiger partial charge in [0.2, 0.25) is 0 Å². The van der Waals surface area contributed by atoms with Gasteiger partial charge in [-0.1, -0.05) is 98.6 Å². The molecule has 0 aliphatic carbocycles. The molecule has 0 heterocycles. The predicted molar refractivity (Wildman–Crippen MR) is 191 cm³/mol. The average molecular weight is 679 g/mol. The topological polar surface area (TPSA) is 80.0 Å². The van der Waals surface area contributed by atoms with Crippen LogP contribution in [-0.2, 0) is 15.9 Å². The van der Waals surface area contributed by atoms with E-state index in [1.807, 2.05) is 31.2 Å². The number of amides is 1. The molecule has 0 bridgehead atoms. The number of hydrogen-bond acceptors (Lipinski definition) is 5. The number of benzene rings is 4. The van der Waals surface area contributed by atoms with Gasteiger partial charge in [-0.05, 0) is 94.8 Å². The second kappa shape index (κ2) is 16.4. The lowest BCUT2D eigenvalue weighted by atomic mass is 9.67. The summed E-state index contributed by atoms with van der Waals surface area (Å²) < 4.78 is 22.6. The normalized spacial score (nSPS) is 12.8. The van der Waals surface area contributed by atoms with E-state index in [-0.39, 0.29) is 30.5 Å². The van der Waals surface area contributed by atoms with Gasteiger partial charge < -0.3 is 24.7 Å². The number of halogens is 2. The molecule has 8 heteroatoms. The lowest BCUT2D eigenvalue weighted by Gasteiger charge is -2.38. The fourth-order valence-electron chi connectivity index (χ4n) is 6.26. The van der Waals surface area contributed by atoms with Crippen molar-refractivity contribution in [1.82, 2.24) is 0 Å². The van der Waals surface area contributed by atoms with Crippen LogP contribution in [0.2, 0.25) is 10.0 Å². The van der Waals surface area contributed by atoms with Crippen molar-refractivity contribution in [3.63, 3.8) is 0 Å². The standard InChI is InChI=1S/C39H45Cl2NO5/c1-25-21-34(40)37(35(41)22-25)46-20-19-45-30-14-11-28(12-15-30)36(39(3,4)5)33(24-47-38(42)43)31-16-13-29(23-26(31)2)32-10-8-7-9-27(32)17-18-44-6/h7-16,21-23,33,36H,17-20,24H2,1-6H3,(H2,42,43). The number of ether oxygens (including phenoxy) is 4.